The predicted octanol–water partition coefficient (Wildman–Crippen LogP) is 4.32. The number of Topliss-reactive ketones (excluding diaryl/α,β-unsaturated/α-hetero) is 1. The van der Waals surface area contributed by atoms with Crippen molar-refractivity contribution in [2.24, 2.45) is 11.8 Å². The van der Waals surface area contributed by atoms with E-state index in [9.17, 15) is 19.2 Å². The van der Waals surface area contributed by atoms with Gasteiger partial charge in [0.1, 0.15) is 11.8 Å². The highest BCUT2D eigenvalue weighted by atomic mass is 35.5. The van der Waals surface area contributed by atoms with Gasteiger partial charge in [-0.25, -0.2) is 5.01 Å². The van der Waals surface area contributed by atoms with Gasteiger partial charge in [0, 0.05) is 16.1 Å². The third kappa shape index (κ3) is 4.23. The molecular formula is C26H25ClN2O5. The summed E-state index contributed by atoms with van der Waals surface area (Å²) in [6.45, 7) is 3.44. The van der Waals surface area contributed by atoms with E-state index in [0.29, 0.717) is 29.2 Å². The number of amides is 3. The molecule has 2 aromatic rings. The van der Waals surface area contributed by atoms with E-state index in [2.05, 4.69) is 0 Å². The first-order valence-corrected chi connectivity index (χ1v) is 11.4. The summed E-state index contributed by atoms with van der Waals surface area (Å²) in [5, 5.41) is 2.34. The minimum absolute atomic E-state index is 0.212. The summed E-state index contributed by atoms with van der Waals surface area (Å²) in [4.78, 5) is 53.8. The monoisotopic (exact) mass is 480 g/mol. The number of hydrogen-bond acceptors (Lipinski definition) is 5. The smallest absolute Gasteiger partial charge is 0.273 e. The van der Waals surface area contributed by atoms with Crippen LogP contribution < -0.4 is 4.74 Å². The van der Waals surface area contributed by atoms with Crippen molar-refractivity contribution < 1.29 is 23.9 Å². The number of ketones is 1. The number of hydrogen-bond donors (Lipinski definition) is 0. The van der Waals surface area contributed by atoms with E-state index in [4.69, 9.17) is 16.3 Å². The van der Waals surface area contributed by atoms with E-state index >= 15 is 0 Å². The summed E-state index contributed by atoms with van der Waals surface area (Å²) in [7, 11) is 1.52. The zero-order valence-electron chi connectivity index (χ0n) is 19.2. The molecular weight excluding hydrogens is 456 g/mol. The zero-order chi connectivity index (χ0) is 24.6. The third-order valence-electron chi connectivity index (χ3n) is 6.44. The molecule has 0 spiro atoms. The molecule has 0 aromatic heterocycles. The molecule has 0 N–H and O–H groups in total. The summed E-state index contributed by atoms with van der Waals surface area (Å²) in [5.41, 5.74) is 1.57. The Morgan fingerprint density at radius 1 is 1.00 bits per heavy atom. The average Bonchev–Trinajstić information content (AvgIpc) is 3.08. The lowest BCUT2D eigenvalue weighted by Crippen LogP contribution is -2.56. The number of nitrogens with zero attached hydrogens (tertiary/aromatic N) is 2. The number of ether oxygens (including phenoxy) is 1. The Labute approximate surface area is 202 Å². The van der Waals surface area contributed by atoms with Gasteiger partial charge in [-0.1, -0.05) is 23.3 Å². The van der Waals surface area contributed by atoms with Crippen molar-refractivity contribution in [1.29, 1.82) is 0 Å². The minimum Gasteiger partial charge on any atom is -0.497 e. The van der Waals surface area contributed by atoms with Crippen LogP contribution >= 0.6 is 11.6 Å². The van der Waals surface area contributed by atoms with Crippen molar-refractivity contribution in [3.63, 3.8) is 0 Å². The van der Waals surface area contributed by atoms with E-state index in [0.717, 1.165) is 15.6 Å². The molecule has 34 heavy (non-hydrogen) atoms. The number of halogens is 1. The summed E-state index contributed by atoms with van der Waals surface area (Å²) in [5.74, 6) is -2.46. The van der Waals surface area contributed by atoms with Crippen molar-refractivity contribution in [3.05, 3.63) is 76.3 Å². The fraction of sp³-hybridized carbons (Fsp3) is 0.308. The van der Waals surface area contributed by atoms with Gasteiger partial charge in [-0.3, -0.25) is 19.2 Å². The molecule has 2 aromatic carbocycles. The van der Waals surface area contributed by atoms with Crippen LogP contribution in [0.5, 0.6) is 5.75 Å². The molecule has 3 atom stereocenters. The first-order chi connectivity index (χ1) is 16.2. The van der Waals surface area contributed by atoms with E-state index in [1.165, 1.54) is 26.2 Å². The lowest BCUT2D eigenvalue weighted by Gasteiger charge is -2.34. The fourth-order valence-electron chi connectivity index (χ4n) is 4.50. The first kappa shape index (κ1) is 23.7. The standard InChI is InChI=1S/C26H25ClN2O5/c1-15-4-13-21-22(14-15)26(33)29(25(21)32)28(24(31)18-5-9-19(27)10-6-18)16(2)23(30)17-7-11-20(34-3)12-8-17/h4-12,16,21-22H,13-14H2,1-3H3/t16-,21+,22-/m0/s1. The maximum absolute atomic E-state index is 13.6. The molecule has 1 fully saturated rings. The minimum atomic E-state index is -1.11. The maximum atomic E-state index is 13.6. The van der Waals surface area contributed by atoms with Gasteiger partial charge in [0.2, 0.25) is 0 Å². The fourth-order valence-corrected chi connectivity index (χ4v) is 4.63. The second-order valence-corrected chi connectivity index (χ2v) is 9.05. The molecule has 8 heteroatoms. The number of fused-ring (bicyclic) bond motifs is 1. The van der Waals surface area contributed by atoms with Gasteiger partial charge in [0.25, 0.3) is 17.7 Å². The number of hydrazine groups is 1. The molecule has 0 saturated carbocycles. The Bertz CT molecular complexity index is 1170. The van der Waals surface area contributed by atoms with Gasteiger partial charge < -0.3 is 4.74 Å². The molecule has 7 nitrogen and oxygen atoms in total. The molecule has 3 amide bonds. The summed E-state index contributed by atoms with van der Waals surface area (Å²) >= 11 is 5.97. The highest BCUT2D eigenvalue weighted by Gasteiger charge is 2.53. The van der Waals surface area contributed by atoms with Crippen LogP contribution in [-0.4, -0.2) is 46.7 Å². The van der Waals surface area contributed by atoms with Crippen LogP contribution in [0.1, 0.15) is 47.4 Å². The normalized spacial score (nSPS) is 20.5. The number of methoxy groups -OCH3 is 1. The Morgan fingerprint density at radius 2 is 1.59 bits per heavy atom. The summed E-state index contributed by atoms with van der Waals surface area (Å²) in [6.07, 6.45) is 2.84. The Hall–Kier alpha value is -3.45. The van der Waals surface area contributed by atoms with Gasteiger partial charge in [-0.15, -0.1) is 0 Å². The molecule has 1 aliphatic heterocycles. The predicted molar refractivity (Wildman–Crippen MR) is 126 cm³/mol. The molecule has 1 aliphatic carbocycles. The molecule has 0 radical (unpaired) electrons. The van der Waals surface area contributed by atoms with E-state index in [1.807, 2.05) is 13.0 Å². The molecule has 1 heterocycles. The lowest BCUT2D eigenvalue weighted by molar-refractivity contribution is -0.156. The highest BCUT2D eigenvalue weighted by molar-refractivity contribution is 6.30. The van der Waals surface area contributed by atoms with Gasteiger partial charge in [0.15, 0.2) is 5.78 Å². The zero-order valence-corrected chi connectivity index (χ0v) is 19.9. The second kappa shape index (κ2) is 9.43. The van der Waals surface area contributed by atoms with Gasteiger partial charge in [-0.05, 0) is 75.2 Å². The van der Waals surface area contributed by atoms with Crippen LogP contribution in [-0.2, 0) is 9.59 Å². The topological polar surface area (TPSA) is 84.0 Å². The Kier molecular flexibility index (Phi) is 6.57. The quantitative estimate of drug-likeness (QED) is 0.349. The van der Waals surface area contributed by atoms with Crippen LogP contribution in [0.3, 0.4) is 0 Å². The van der Waals surface area contributed by atoms with E-state index < -0.39 is 41.4 Å². The molecule has 0 bridgehead atoms. The van der Waals surface area contributed by atoms with Crippen LogP contribution in [0.15, 0.2) is 60.2 Å². The van der Waals surface area contributed by atoms with Crippen LogP contribution in [0.25, 0.3) is 0 Å². The van der Waals surface area contributed by atoms with Gasteiger partial charge >= 0.3 is 0 Å². The number of rotatable bonds is 6. The Morgan fingerprint density at radius 3 is 2.21 bits per heavy atom. The van der Waals surface area contributed by atoms with Crippen LogP contribution in [0, 0.1) is 11.8 Å². The Balaban J connectivity index is 1.73. The third-order valence-corrected chi connectivity index (χ3v) is 6.69. The van der Waals surface area contributed by atoms with Crippen molar-refractivity contribution >= 4 is 35.1 Å². The number of carbonyl (C=O) groups excluding carboxylic acids is 4. The van der Waals surface area contributed by atoms with Crippen molar-refractivity contribution in [2.75, 3.05) is 7.11 Å². The molecule has 0 unspecified atom stereocenters. The summed E-state index contributed by atoms with van der Waals surface area (Å²) in [6, 6.07) is 11.4. The van der Waals surface area contributed by atoms with Crippen molar-refractivity contribution in [3.8, 4) is 5.75 Å². The molecule has 1 saturated heterocycles. The summed E-state index contributed by atoms with van der Waals surface area (Å²) < 4.78 is 5.15. The molecule has 4 rings (SSSR count). The van der Waals surface area contributed by atoms with Crippen molar-refractivity contribution in [1.82, 2.24) is 10.0 Å². The second-order valence-electron chi connectivity index (χ2n) is 8.62. The number of carbonyl (C=O) groups is 4. The SMILES string of the molecule is COc1ccc(C(=O)[C@H](C)N(C(=O)c2ccc(Cl)cc2)N2C(=O)[C@H]3CC(C)=CC[C@H]3C2=O)cc1. The van der Waals surface area contributed by atoms with E-state index in [-0.39, 0.29) is 5.56 Å². The van der Waals surface area contributed by atoms with Gasteiger partial charge in [0.05, 0.1) is 18.9 Å². The number of benzene rings is 2. The maximum Gasteiger partial charge on any atom is 0.273 e. The largest absolute Gasteiger partial charge is 0.497 e. The van der Waals surface area contributed by atoms with Crippen molar-refractivity contribution in [2.45, 2.75) is 32.7 Å². The first-order valence-electron chi connectivity index (χ1n) is 11.0. The van der Waals surface area contributed by atoms with Gasteiger partial charge in [-0.2, -0.15) is 5.01 Å². The molecule has 2 aliphatic rings. The van der Waals surface area contributed by atoms with Crippen LogP contribution in [0.2, 0.25) is 5.02 Å². The lowest BCUT2D eigenvalue weighted by atomic mass is 9.82. The van der Waals surface area contributed by atoms with E-state index in [1.54, 1.807) is 36.4 Å². The molecule has 176 valence electrons. The number of allylic oxidation sites excluding steroid dienone is 2. The average molecular weight is 481 g/mol. The number of imide groups is 1. The highest BCUT2D eigenvalue weighted by Crippen LogP contribution is 2.39. The van der Waals surface area contributed by atoms with Crippen LogP contribution in [0.4, 0.5) is 0 Å².